The number of hydrogen-bond acceptors (Lipinski definition) is 5. The smallest absolute Gasteiger partial charge is 0.252 e. The minimum absolute atomic E-state index is 0.106. The number of carbonyl (C=O) groups is 2. The van der Waals surface area contributed by atoms with Crippen LogP contribution in [0.4, 0.5) is 4.39 Å². The minimum atomic E-state index is -0.664. The fourth-order valence-corrected chi connectivity index (χ4v) is 5.00. The predicted octanol–water partition coefficient (Wildman–Crippen LogP) is 4.47. The van der Waals surface area contributed by atoms with Crippen LogP contribution in [0.5, 0.6) is 0 Å². The zero-order valence-electron chi connectivity index (χ0n) is 16.7. The summed E-state index contributed by atoms with van der Waals surface area (Å²) in [4.78, 5) is 26.2. The maximum Gasteiger partial charge on any atom is 0.252 e. The fourth-order valence-electron chi connectivity index (χ4n) is 3.33. The number of carbonyl (C=O) groups excluding carboxylic acids is 2. The number of nitrogens with one attached hydrogen (secondary N) is 1. The highest BCUT2D eigenvalue weighted by molar-refractivity contribution is 14.1. The van der Waals surface area contributed by atoms with E-state index in [1.165, 1.54) is 24.3 Å². The third-order valence-electron chi connectivity index (χ3n) is 4.69. The maximum atomic E-state index is 14.4. The molecule has 0 saturated carbocycles. The van der Waals surface area contributed by atoms with Crippen LogP contribution in [-0.4, -0.2) is 36.7 Å². The molecule has 1 aliphatic heterocycles. The van der Waals surface area contributed by atoms with Crippen LogP contribution in [-0.2, 0) is 15.9 Å². The topological polar surface area (TPSA) is 64.6 Å². The summed E-state index contributed by atoms with van der Waals surface area (Å²) in [5.41, 5.74) is 1.56. The van der Waals surface area contributed by atoms with E-state index in [1.807, 2.05) is 19.9 Å². The van der Waals surface area contributed by atoms with E-state index in [4.69, 9.17) is 9.47 Å². The summed E-state index contributed by atoms with van der Waals surface area (Å²) in [6, 6.07) is 5.00. The fraction of sp³-hybridized carbons (Fsp3) is 0.429. The van der Waals surface area contributed by atoms with Gasteiger partial charge in [0, 0.05) is 21.4 Å². The first-order valence-corrected chi connectivity index (χ1v) is 11.1. The monoisotopic (exact) mass is 531 g/mol. The molecule has 5 nitrogen and oxygen atoms in total. The molecule has 1 atom stereocenters. The van der Waals surface area contributed by atoms with Crippen molar-refractivity contribution in [2.24, 2.45) is 0 Å². The van der Waals surface area contributed by atoms with E-state index < -0.39 is 5.79 Å². The highest BCUT2D eigenvalue weighted by Crippen LogP contribution is 2.31. The quantitative estimate of drug-likeness (QED) is 0.442. The maximum absolute atomic E-state index is 14.4. The Labute approximate surface area is 187 Å². The molecule has 3 rings (SSSR count). The van der Waals surface area contributed by atoms with Gasteiger partial charge in [-0.1, -0.05) is 6.07 Å². The number of hydrogen-bond donors (Lipinski definition) is 1. The van der Waals surface area contributed by atoms with Crippen LogP contribution in [0, 0.1) is 16.3 Å². The van der Waals surface area contributed by atoms with E-state index in [-0.39, 0.29) is 30.0 Å². The Bertz CT molecular complexity index is 956. The van der Waals surface area contributed by atoms with Crippen molar-refractivity contribution in [3.8, 4) is 0 Å². The molecule has 156 valence electrons. The SMILES string of the molecule is CC(=O)c1sc(Cc2ccc(I)cc2F)c(C(=O)NC[C@H]2COC(C)(C)O2)c1C. The summed E-state index contributed by atoms with van der Waals surface area (Å²) >= 11 is 3.31. The van der Waals surface area contributed by atoms with E-state index in [1.54, 1.807) is 13.0 Å². The molecule has 0 unspecified atom stereocenters. The van der Waals surface area contributed by atoms with Gasteiger partial charge in [-0.2, -0.15) is 0 Å². The molecule has 1 aromatic heterocycles. The third-order valence-corrected chi connectivity index (χ3v) is 6.75. The standard InChI is InChI=1S/C21H23FINO4S/c1-11-18(20(26)24-9-15-10-27-21(3,4)28-15)17(29-19(11)12(2)25)7-13-5-6-14(23)8-16(13)22/h5-6,8,15H,7,9-10H2,1-4H3,(H,24,26)/t15-/m0/s1. The van der Waals surface area contributed by atoms with Gasteiger partial charge in [-0.05, 0) is 73.5 Å². The summed E-state index contributed by atoms with van der Waals surface area (Å²) in [7, 11) is 0. The van der Waals surface area contributed by atoms with Crippen molar-refractivity contribution in [2.75, 3.05) is 13.2 Å². The molecule has 1 fully saturated rings. The van der Waals surface area contributed by atoms with Crippen molar-refractivity contribution in [1.29, 1.82) is 0 Å². The second-order valence-electron chi connectivity index (χ2n) is 7.48. The highest BCUT2D eigenvalue weighted by atomic mass is 127. The molecule has 0 radical (unpaired) electrons. The van der Waals surface area contributed by atoms with E-state index in [9.17, 15) is 14.0 Å². The number of halogens is 2. The second kappa shape index (κ2) is 8.79. The summed E-state index contributed by atoms with van der Waals surface area (Å²) < 4.78 is 26.4. The van der Waals surface area contributed by atoms with Crippen molar-refractivity contribution in [3.05, 3.63) is 54.0 Å². The Morgan fingerprint density at radius 3 is 2.69 bits per heavy atom. The number of ketones is 1. The van der Waals surface area contributed by atoms with Gasteiger partial charge in [0.25, 0.3) is 5.91 Å². The van der Waals surface area contributed by atoms with Crippen LogP contribution >= 0.6 is 33.9 Å². The second-order valence-corrected chi connectivity index (χ2v) is 9.83. The van der Waals surface area contributed by atoms with E-state index >= 15 is 0 Å². The molecule has 1 aliphatic rings. The van der Waals surface area contributed by atoms with Crippen LogP contribution in [0.25, 0.3) is 0 Å². The number of thiophene rings is 1. The lowest BCUT2D eigenvalue weighted by molar-refractivity contribution is -0.137. The molecular formula is C21H23FINO4S. The van der Waals surface area contributed by atoms with E-state index in [2.05, 4.69) is 27.9 Å². The highest BCUT2D eigenvalue weighted by Gasteiger charge is 2.33. The summed E-state index contributed by atoms with van der Waals surface area (Å²) in [5, 5.41) is 2.88. The van der Waals surface area contributed by atoms with Gasteiger partial charge in [0.2, 0.25) is 0 Å². The van der Waals surface area contributed by atoms with Crippen LogP contribution in [0.2, 0.25) is 0 Å². The molecule has 0 spiro atoms. The lowest BCUT2D eigenvalue weighted by Crippen LogP contribution is -2.35. The Hall–Kier alpha value is -1.36. The van der Waals surface area contributed by atoms with Gasteiger partial charge in [-0.15, -0.1) is 11.3 Å². The van der Waals surface area contributed by atoms with E-state index in [0.717, 1.165) is 3.57 Å². The number of amides is 1. The van der Waals surface area contributed by atoms with Gasteiger partial charge in [-0.3, -0.25) is 9.59 Å². The van der Waals surface area contributed by atoms with Crippen molar-refractivity contribution in [1.82, 2.24) is 5.32 Å². The average Bonchev–Trinajstić information content (AvgIpc) is 3.14. The Kier molecular flexibility index (Phi) is 6.77. The molecule has 1 saturated heterocycles. The molecule has 2 heterocycles. The van der Waals surface area contributed by atoms with Crippen LogP contribution in [0.3, 0.4) is 0 Å². The van der Waals surface area contributed by atoms with Crippen LogP contribution in [0.1, 0.15) is 56.8 Å². The molecule has 1 amide bonds. The zero-order chi connectivity index (χ0) is 21.3. The summed E-state index contributed by atoms with van der Waals surface area (Å²) in [5.74, 6) is -1.38. The largest absolute Gasteiger partial charge is 0.349 e. The number of rotatable bonds is 6. The van der Waals surface area contributed by atoms with Crippen molar-refractivity contribution >= 4 is 45.6 Å². The van der Waals surface area contributed by atoms with Crippen LogP contribution < -0.4 is 5.32 Å². The third kappa shape index (κ3) is 5.22. The first-order valence-electron chi connectivity index (χ1n) is 9.24. The molecule has 0 bridgehead atoms. The first kappa shape index (κ1) is 22.3. The number of benzene rings is 1. The van der Waals surface area contributed by atoms with Gasteiger partial charge in [0.05, 0.1) is 17.0 Å². The van der Waals surface area contributed by atoms with Gasteiger partial charge < -0.3 is 14.8 Å². The van der Waals surface area contributed by atoms with Gasteiger partial charge in [-0.25, -0.2) is 4.39 Å². The minimum Gasteiger partial charge on any atom is -0.349 e. The predicted molar refractivity (Wildman–Crippen MR) is 118 cm³/mol. The Morgan fingerprint density at radius 1 is 1.38 bits per heavy atom. The number of ether oxygens (including phenoxy) is 2. The first-order chi connectivity index (χ1) is 13.6. The van der Waals surface area contributed by atoms with Crippen molar-refractivity contribution < 1.29 is 23.5 Å². The molecule has 1 aromatic carbocycles. The van der Waals surface area contributed by atoms with Crippen LogP contribution in [0.15, 0.2) is 18.2 Å². The van der Waals surface area contributed by atoms with Crippen molar-refractivity contribution in [3.63, 3.8) is 0 Å². The Balaban J connectivity index is 1.84. The molecule has 8 heteroatoms. The number of Topliss-reactive ketones (excluding diaryl/α,β-unsaturated/α-hetero) is 1. The summed E-state index contributed by atoms with van der Waals surface area (Å²) in [6.07, 6.45) is 0.0117. The van der Waals surface area contributed by atoms with Gasteiger partial charge in [0.15, 0.2) is 11.6 Å². The lowest BCUT2D eigenvalue weighted by atomic mass is 10.0. The molecule has 29 heavy (non-hydrogen) atoms. The Morgan fingerprint density at radius 2 is 2.10 bits per heavy atom. The van der Waals surface area contributed by atoms with E-state index in [0.29, 0.717) is 39.6 Å². The average molecular weight is 531 g/mol. The molecular weight excluding hydrogens is 508 g/mol. The molecule has 0 aliphatic carbocycles. The normalized spacial score (nSPS) is 18.1. The van der Waals surface area contributed by atoms with Gasteiger partial charge >= 0.3 is 0 Å². The molecule has 1 N–H and O–H groups in total. The van der Waals surface area contributed by atoms with Gasteiger partial charge in [0.1, 0.15) is 11.9 Å². The lowest BCUT2D eigenvalue weighted by Gasteiger charge is -2.17. The molecule has 2 aromatic rings. The summed E-state index contributed by atoms with van der Waals surface area (Å²) in [6.45, 7) is 7.57. The van der Waals surface area contributed by atoms with Crippen molar-refractivity contribution in [2.45, 2.75) is 46.0 Å². The zero-order valence-corrected chi connectivity index (χ0v) is 19.7.